The average molecular weight is 334 g/mol. The van der Waals surface area contributed by atoms with Gasteiger partial charge in [-0.15, -0.1) is 12.4 Å². The van der Waals surface area contributed by atoms with E-state index in [0.717, 1.165) is 36.1 Å². The van der Waals surface area contributed by atoms with Gasteiger partial charge >= 0.3 is 0 Å². The fraction of sp³-hybridized carbons (Fsp3) is 0.462. The minimum atomic E-state index is 0. The van der Waals surface area contributed by atoms with Gasteiger partial charge in [0, 0.05) is 16.6 Å². The Bertz CT molecular complexity index is 394. The molecule has 0 atom stereocenters. The number of piperidine rings is 1. The maximum atomic E-state index is 11.8. The molecule has 18 heavy (non-hydrogen) atoms. The zero-order chi connectivity index (χ0) is 12.1. The smallest absolute Gasteiger partial charge is 0.224 e. The summed E-state index contributed by atoms with van der Waals surface area (Å²) in [6, 6.07) is 7.69. The van der Waals surface area contributed by atoms with Crippen molar-refractivity contribution in [2.45, 2.75) is 19.3 Å². The first-order valence-corrected chi connectivity index (χ1v) is 6.79. The van der Waals surface area contributed by atoms with Crippen LogP contribution in [0.1, 0.15) is 19.3 Å². The quantitative estimate of drug-likeness (QED) is 0.892. The fourth-order valence-corrected chi connectivity index (χ4v) is 2.53. The van der Waals surface area contributed by atoms with E-state index in [1.807, 2.05) is 24.3 Å². The standard InChI is InChI=1S/C13H17BrN2O.ClH/c14-11-2-1-3-12(9-11)16-13(17)8-10-4-6-15-7-5-10;/h1-3,9-10,15H,4-8H2,(H,16,17);1H. The number of hydrogen-bond acceptors (Lipinski definition) is 2. The molecule has 0 spiro atoms. The normalized spacial score (nSPS) is 15.8. The highest BCUT2D eigenvalue weighted by Crippen LogP contribution is 2.19. The summed E-state index contributed by atoms with van der Waals surface area (Å²) in [6.45, 7) is 2.07. The van der Waals surface area contributed by atoms with Crippen molar-refractivity contribution in [2.24, 2.45) is 5.92 Å². The van der Waals surface area contributed by atoms with Crippen LogP contribution in [0, 0.1) is 5.92 Å². The van der Waals surface area contributed by atoms with Gasteiger partial charge in [0.05, 0.1) is 0 Å². The van der Waals surface area contributed by atoms with Crippen LogP contribution in [0.3, 0.4) is 0 Å². The second-order valence-corrected chi connectivity index (χ2v) is 5.37. The van der Waals surface area contributed by atoms with Gasteiger partial charge in [0.15, 0.2) is 0 Å². The van der Waals surface area contributed by atoms with Crippen LogP contribution < -0.4 is 10.6 Å². The topological polar surface area (TPSA) is 41.1 Å². The number of amides is 1. The SMILES string of the molecule is Cl.O=C(CC1CCNCC1)Nc1cccc(Br)c1. The average Bonchev–Trinajstić information content (AvgIpc) is 2.30. The van der Waals surface area contributed by atoms with Gasteiger partial charge in [0.1, 0.15) is 0 Å². The molecule has 1 aromatic rings. The Morgan fingerprint density at radius 2 is 2.11 bits per heavy atom. The van der Waals surface area contributed by atoms with Crippen LogP contribution in [0.5, 0.6) is 0 Å². The molecule has 2 rings (SSSR count). The minimum Gasteiger partial charge on any atom is -0.326 e. The summed E-state index contributed by atoms with van der Waals surface area (Å²) in [6.07, 6.45) is 2.84. The van der Waals surface area contributed by atoms with Crippen LogP contribution in [0.25, 0.3) is 0 Å². The highest BCUT2D eigenvalue weighted by atomic mass is 79.9. The summed E-state index contributed by atoms with van der Waals surface area (Å²) in [5, 5.41) is 6.25. The second kappa shape index (κ2) is 7.77. The molecule has 0 aromatic heterocycles. The van der Waals surface area contributed by atoms with E-state index in [2.05, 4.69) is 26.6 Å². The zero-order valence-corrected chi connectivity index (χ0v) is 12.5. The second-order valence-electron chi connectivity index (χ2n) is 4.46. The number of halogens is 2. The number of benzene rings is 1. The molecular weight excluding hydrogens is 316 g/mol. The molecule has 1 amide bonds. The third-order valence-corrected chi connectivity index (χ3v) is 3.53. The van der Waals surface area contributed by atoms with E-state index in [-0.39, 0.29) is 18.3 Å². The number of nitrogens with one attached hydrogen (secondary N) is 2. The highest BCUT2D eigenvalue weighted by Gasteiger charge is 2.16. The predicted octanol–water partition coefficient (Wildman–Crippen LogP) is 3.20. The van der Waals surface area contributed by atoms with E-state index < -0.39 is 0 Å². The molecule has 5 heteroatoms. The maximum Gasteiger partial charge on any atom is 0.224 e. The highest BCUT2D eigenvalue weighted by molar-refractivity contribution is 9.10. The summed E-state index contributed by atoms with van der Waals surface area (Å²) < 4.78 is 0.983. The third-order valence-electron chi connectivity index (χ3n) is 3.04. The Labute approximate surface area is 122 Å². The summed E-state index contributed by atoms with van der Waals surface area (Å²) in [7, 11) is 0. The van der Waals surface area contributed by atoms with Crippen molar-refractivity contribution in [1.82, 2.24) is 5.32 Å². The largest absolute Gasteiger partial charge is 0.326 e. The lowest BCUT2D eigenvalue weighted by Crippen LogP contribution is -2.30. The van der Waals surface area contributed by atoms with Crippen molar-refractivity contribution in [1.29, 1.82) is 0 Å². The van der Waals surface area contributed by atoms with Gasteiger partial charge in [-0.1, -0.05) is 22.0 Å². The first-order chi connectivity index (χ1) is 8.24. The molecule has 0 saturated carbocycles. The van der Waals surface area contributed by atoms with Gasteiger partial charge in [0.25, 0.3) is 0 Å². The molecule has 2 N–H and O–H groups in total. The van der Waals surface area contributed by atoms with Gasteiger partial charge in [-0.3, -0.25) is 4.79 Å². The molecule has 3 nitrogen and oxygen atoms in total. The van der Waals surface area contributed by atoms with Crippen molar-refractivity contribution >= 4 is 39.9 Å². The molecular formula is C13H18BrClN2O. The van der Waals surface area contributed by atoms with Crippen LogP contribution in [0.15, 0.2) is 28.7 Å². The van der Waals surface area contributed by atoms with Crippen LogP contribution in [0.4, 0.5) is 5.69 Å². The van der Waals surface area contributed by atoms with E-state index in [4.69, 9.17) is 0 Å². The summed E-state index contributed by atoms with van der Waals surface area (Å²) in [5.41, 5.74) is 0.860. The summed E-state index contributed by atoms with van der Waals surface area (Å²) in [4.78, 5) is 11.8. The van der Waals surface area contributed by atoms with E-state index in [9.17, 15) is 4.79 Å². The third kappa shape index (κ3) is 4.96. The van der Waals surface area contributed by atoms with Crippen molar-refractivity contribution in [2.75, 3.05) is 18.4 Å². The molecule has 1 fully saturated rings. The molecule has 1 saturated heterocycles. The number of carbonyl (C=O) groups is 1. The van der Waals surface area contributed by atoms with Crippen LogP contribution in [-0.2, 0) is 4.79 Å². The van der Waals surface area contributed by atoms with Gasteiger partial charge in [0.2, 0.25) is 5.91 Å². The summed E-state index contributed by atoms with van der Waals surface area (Å²) in [5.74, 6) is 0.651. The van der Waals surface area contributed by atoms with Gasteiger partial charge < -0.3 is 10.6 Å². The maximum absolute atomic E-state index is 11.8. The Balaban J connectivity index is 0.00000162. The van der Waals surface area contributed by atoms with Gasteiger partial charge in [-0.25, -0.2) is 0 Å². The van der Waals surface area contributed by atoms with Crippen molar-refractivity contribution in [3.63, 3.8) is 0 Å². The van der Waals surface area contributed by atoms with Crippen molar-refractivity contribution in [3.8, 4) is 0 Å². The molecule has 0 unspecified atom stereocenters. The van der Waals surface area contributed by atoms with Crippen molar-refractivity contribution < 1.29 is 4.79 Å². The number of rotatable bonds is 3. The van der Waals surface area contributed by atoms with Crippen LogP contribution >= 0.6 is 28.3 Å². The molecule has 1 aromatic carbocycles. The predicted molar refractivity (Wildman–Crippen MR) is 80.2 cm³/mol. The summed E-state index contributed by atoms with van der Waals surface area (Å²) >= 11 is 3.39. The number of carbonyl (C=O) groups excluding carboxylic acids is 1. The molecule has 1 aliphatic heterocycles. The van der Waals surface area contributed by atoms with E-state index in [1.54, 1.807) is 0 Å². The number of anilines is 1. The molecule has 0 radical (unpaired) electrons. The zero-order valence-electron chi connectivity index (χ0n) is 10.1. The fourth-order valence-electron chi connectivity index (χ4n) is 2.13. The lowest BCUT2D eigenvalue weighted by atomic mass is 9.94. The molecule has 0 aliphatic carbocycles. The Morgan fingerprint density at radius 1 is 1.39 bits per heavy atom. The van der Waals surface area contributed by atoms with Gasteiger partial charge in [-0.2, -0.15) is 0 Å². The lowest BCUT2D eigenvalue weighted by Gasteiger charge is -2.21. The van der Waals surface area contributed by atoms with E-state index in [1.165, 1.54) is 0 Å². The Kier molecular flexibility index (Phi) is 6.68. The minimum absolute atomic E-state index is 0. The molecule has 100 valence electrons. The Morgan fingerprint density at radius 3 is 2.78 bits per heavy atom. The molecule has 0 bridgehead atoms. The van der Waals surface area contributed by atoms with Crippen LogP contribution in [-0.4, -0.2) is 19.0 Å². The van der Waals surface area contributed by atoms with E-state index in [0.29, 0.717) is 12.3 Å². The first kappa shape index (κ1) is 15.5. The number of hydrogen-bond donors (Lipinski definition) is 2. The monoisotopic (exact) mass is 332 g/mol. The van der Waals surface area contributed by atoms with Gasteiger partial charge in [-0.05, 0) is 50.0 Å². The van der Waals surface area contributed by atoms with E-state index >= 15 is 0 Å². The molecule has 1 aliphatic rings. The first-order valence-electron chi connectivity index (χ1n) is 6.00. The lowest BCUT2D eigenvalue weighted by molar-refractivity contribution is -0.117. The van der Waals surface area contributed by atoms with Crippen molar-refractivity contribution in [3.05, 3.63) is 28.7 Å². The molecule has 1 heterocycles. The van der Waals surface area contributed by atoms with Crippen LogP contribution in [0.2, 0.25) is 0 Å². The Hall–Kier alpha value is -0.580.